The van der Waals surface area contributed by atoms with E-state index >= 15 is 0 Å². The lowest BCUT2D eigenvalue weighted by atomic mass is 9.77. The van der Waals surface area contributed by atoms with Crippen molar-refractivity contribution in [2.75, 3.05) is 13.1 Å². The fourth-order valence-electron chi connectivity index (χ4n) is 5.12. The standard InChI is InChI=1S/C20H21F3N2OS/c21-20(22,23)11-14-3-1-2-13-10-15(27-16(13)14)18(26)24-17-12-4-8-25(9-5-12)19(17)6-7-19/h1-3,10,12,17H,4-9,11H2,(H,24,26)/t17-/m0/s1. The van der Waals surface area contributed by atoms with E-state index in [0.29, 0.717) is 20.9 Å². The highest BCUT2D eigenvalue weighted by Crippen LogP contribution is 2.53. The zero-order chi connectivity index (χ0) is 18.8. The van der Waals surface area contributed by atoms with Gasteiger partial charge < -0.3 is 5.32 Å². The van der Waals surface area contributed by atoms with E-state index in [2.05, 4.69) is 10.2 Å². The number of carbonyl (C=O) groups is 1. The number of benzene rings is 1. The van der Waals surface area contributed by atoms with Crippen molar-refractivity contribution in [3.63, 3.8) is 0 Å². The Morgan fingerprint density at radius 2 is 2.00 bits per heavy atom. The molecule has 3 saturated heterocycles. The number of halogens is 3. The van der Waals surface area contributed by atoms with Crippen LogP contribution < -0.4 is 5.32 Å². The van der Waals surface area contributed by atoms with E-state index in [1.807, 2.05) is 0 Å². The summed E-state index contributed by atoms with van der Waals surface area (Å²) < 4.78 is 39.1. The van der Waals surface area contributed by atoms with Crippen molar-refractivity contribution in [3.8, 4) is 0 Å². The molecule has 144 valence electrons. The summed E-state index contributed by atoms with van der Waals surface area (Å²) in [5.74, 6) is 0.385. The first-order valence-electron chi connectivity index (χ1n) is 9.50. The summed E-state index contributed by atoms with van der Waals surface area (Å²) in [5.41, 5.74) is 0.389. The predicted molar refractivity (Wildman–Crippen MR) is 99.1 cm³/mol. The van der Waals surface area contributed by atoms with Crippen molar-refractivity contribution in [2.24, 2.45) is 5.92 Å². The van der Waals surface area contributed by atoms with Crippen LogP contribution in [0.25, 0.3) is 10.1 Å². The molecule has 27 heavy (non-hydrogen) atoms. The molecule has 7 heteroatoms. The van der Waals surface area contributed by atoms with Crippen LogP contribution in [0, 0.1) is 5.92 Å². The first-order valence-corrected chi connectivity index (χ1v) is 10.3. The molecule has 2 bridgehead atoms. The van der Waals surface area contributed by atoms with Crippen LogP contribution in [-0.4, -0.2) is 41.7 Å². The highest BCUT2D eigenvalue weighted by molar-refractivity contribution is 7.21. The maximum atomic E-state index is 12.9. The van der Waals surface area contributed by atoms with Gasteiger partial charge in [-0.25, -0.2) is 0 Å². The number of hydrogen-bond acceptors (Lipinski definition) is 3. The molecule has 3 nitrogen and oxygen atoms in total. The van der Waals surface area contributed by atoms with Gasteiger partial charge in [-0.2, -0.15) is 13.2 Å². The van der Waals surface area contributed by atoms with Gasteiger partial charge in [0.05, 0.1) is 17.3 Å². The van der Waals surface area contributed by atoms with Gasteiger partial charge in [0, 0.05) is 10.2 Å². The molecular formula is C20H21F3N2OS. The monoisotopic (exact) mass is 394 g/mol. The van der Waals surface area contributed by atoms with Gasteiger partial charge in [0.2, 0.25) is 0 Å². The third-order valence-electron chi connectivity index (χ3n) is 6.51. The van der Waals surface area contributed by atoms with Crippen LogP contribution in [0.3, 0.4) is 0 Å². The molecule has 1 amide bonds. The largest absolute Gasteiger partial charge is 0.393 e. The van der Waals surface area contributed by atoms with Gasteiger partial charge in [-0.1, -0.05) is 18.2 Å². The molecule has 1 saturated carbocycles. The van der Waals surface area contributed by atoms with Crippen LogP contribution in [0.1, 0.15) is 40.9 Å². The Bertz CT molecular complexity index is 894. The van der Waals surface area contributed by atoms with E-state index in [1.165, 1.54) is 17.4 Å². The van der Waals surface area contributed by atoms with E-state index in [0.717, 1.165) is 38.8 Å². The molecule has 1 atom stereocenters. The first-order chi connectivity index (χ1) is 12.9. The van der Waals surface area contributed by atoms with Gasteiger partial charge in [-0.3, -0.25) is 9.69 Å². The number of thiophene rings is 1. The Balaban J connectivity index is 1.41. The lowest BCUT2D eigenvalue weighted by Gasteiger charge is -2.52. The minimum Gasteiger partial charge on any atom is -0.346 e. The third kappa shape index (κ3) is 2.95. The smallest absolute Gasteiger partial charge is 0.346 e. The van der Waals surface area contributed by atoms with E-state index in [9.17, 15) is 18.0 Å². The minimum atomic E-state index is -4.26. The topological polar surface area (TPSA) is 32.3 Å². The number of fused-ring (bicyclic) bond motifs is 3. The van der Waals surface area contributed by atoms with Gasteiger partial charge in [0.15, 0.2) is 0 Å². The van der Waals surface area contributed by atoms with Crippen LogP contribution in [-0.2, 0) is 6.42 Å². The van der Waals surface area contributed by atoms with Gasteiger partial charge >= 0.3 is 6.18 Å². The quantitative estimate of drug-likeness (QED) is 0.839. The average molecular weight is 394 g/mol. The molecule has 2 aromatic rings. The molecule has 1 spiro atoms. The summed E-state index contributed by atoms with van der Waals surface area (Å²) in [5, 5.41) is 3.97. The Morgan fingerprint density at radius 3 is 2.67 bits per heavy atom. The fourth-order valence-corrected chi connectivity index (χ4v) is 6.20. The average Bonchev–Trinajstić information content (AvgIpc) is 3.26. The Labute approximate surface area is 159 Å². The maximum absolute atomic E-state index is 12.9. The number of alkyl halides is 3. The fraction of sp³-hybridized carbons (Fsp3) is 0.550. The molecule has 0 unspecified atom stereocenters. The number of nitrogens with zero attached hydrogens (tertiary/aromatic N) is 1. The summed E-state index contributed by atoms with van der Waals surface area (Å²) in [6, 6.07) is 6.81. The highest BCUT2D eigenvalue weighted by atomic mass is 32.1. The molecule has 4 aliphatic rings. The summed E-state index contributed by atoms with van der Waals surface area (Å²) in [7, 11) is 0. The predicted octanol–water partition coefficient (Wildman–Crippen LogP) is 4.36. The molecule has 4 fully saturated rings. The molecule has 0 radical (unpaired) electrons. The van der Waals surface area contributed by atoms with Gasteiger partial charge in [0.1, 0.15) is 0 Å². The number of hydrogen-bond donors (Lipinski definition) is 1. The van der Waals surface area contributed by atoms with Gasteiger partial charge in [0.25, 0.3) is 5.91 Å². The molecule has 1 aromatic carbocycles. The molecule has 6 rings (SSSR count). The first kappa shape index (κ1) is 17.5. The number of piperidine rings is 3. The van der Waals surface area contributed by atoms with Crippen LogP contribution in [0.2, 0.25) is 0 Å². The van der Waals surface area contributed by atoms with E-state index in [1.54, 1.807) is 18.2 Å². The van der Waals surface area contributed by atoms with Crippen molar-refractivity contribution < 1.29 is 18.0 Å². The van der Waals surface area contributed by atoms with Crippen molar-refractivity contribution in [3.05, 3.63) is 34.7 Å². The number of carbonyl (C=O) groups excluding carboxylic acids is 1. The number of nitrogens with one attached hydrogen (secondary N) is 1. The van der Waals surface area contributed by atoms with Crippen LogP contribution >= 0.6 is 11.3 Å². The normalized spacial score (nSPS) is 28.6. The van der Waals surface area contributed by atoms with E-state index < -0.39 is 12.6 Å². The Hall–Kier alpha value is -1.60. The van der Waals surface area contributed by atoms with Crippen LogP contribution in [0.15, 0.2) is 24.3 Å². The zero-order valence-electron chi connectivity index (χ0n) is 14.8. The minimum absolute atomic E-state index is 0.140. The highest BCUT2D eigenvalue weighted by Gasteiger charge is 2.60. The summed E-state index contributed by atoms with van der Waals surface area (Å²) in [4.78, 5) is 16.0. The maximum Gasteiger partial charge on any atom is 0.393 e. The summed E-state index contributed by atoms with van der Waals surface area (Å²) in [6.07, 6.45) is -0.708. The second kappa shape index (κ2) is 5.95. The lowest BCUT2D eigenvalue weighted by molar-refractivity contribution is -0.126. The Morgan fingerprint density at radius 1 is 1.26 bits per heavy atom. The van der Waals surface area contributed by atoms with E-state index in [-0.39, 0.29) is 23.1 Å². The number of amides is 1. The molecular weight excluding hydrogens is 373 g/mol. The lowest BCUT2D eigenvalue weighted by Crippen LogP contribution is -2.65. The molecule has 1 aromatic heterocycles. The van der Waals surface area contributed by atoms with Crippen molar-refractivity contribution in [1.82, 2.24) is 10.2 Å². The molecule has 3 aliphatic heterocycles. The Kier molecular flexibility index (Phi) is 3.85. The second-order valence-electron chi connectivity index (χ2n) is 8.12. The molecule has 1 N–H and O–H groups in total. The van der Waals surface area contributed by atoms with Crippen LogP contribution in [0.4, 0.5) is 13.2 Å². The van der Waals surface area contributed by atoms with Crippen molar-refractivity contribution >= 4 is 27.3 Å². The summed E-state index contributed by atoms with van der Waals surface area (Å²) >= 11 is 1.18. The van der Waals surface area contributed by atoms with Crippen molar-refractivity contribution in [2.45, 2.75) is 49.9 Å². The second-order valence-corrected chi connectivity index (χ2v) is 9.17. The SMILES string of the molecule is O=C(N[C@H]1C2CCN(CC2)C12CC2)c1cc2cccc(CC(F)(F)F)c2s1. The van der Waals surface area contributed by atoms with Gasteiger partial charge in [-0.15, -0.1) is 11.3 Å². The van der Waals surface area contributed by atoms with E-state index in [4.69, 9.17) is 0 Å². The third-order valence-corrected chi connectivity index (χ3v) is 7.73. The molecule has 1 aliphatic carbocycles. The molecule has 4 heterocycles. The number of rotatable bonds is 3. The van der Waals surface area contributed by atoms with Gasteiger partial charge in [-0.05, 0) is 61.7 Å². The zero-order valence-corrected chi connectivity index (χ0v) is 15.6. The van der Waals surface area contributed by atoms with Crippen LogP contribution in [0.5, 0.6) is 0 Å². The van der Waals surface area contributed by atoms with Crippen molar-refractivity contribution in [1.29, 1.82) is 0 Å². The summed E-state index contributed by atoms with van der Waals surface area (Å²) in [6.45, 7) is 2.25.